The number of hydrogen-bond acceptors (Lipinski definition) is 17. The monoisotopic (exact) mass is 1110 g/mol. The van der Waals surface area contributed by atoms with E-state index in [1.807, 2.05) is 57.2 Å². The van der Waals surface area contributed by atoms with Crippen molar-refractivity contribution in [1.29, 1.82) is 0 Å². The van der Waals surface area contributed by atoms with Crippen LogP contribution in [0.1, 0.15) is 75.1 Å². The summed E-state index contributed by atoms with van der Waals surface area (Å²) in [6.07, 6.45) is 2.88. The molecule has 2 fully saturated rings. The third-order valence-electron chi connectivity index (χ3n) is 14.3. The number of hydrogen-bond donors (Lipinski definition) is 1. The van der Waals surface area contributed by atoms with Crippen molar-refractivity contribution in [3.05, 3.63) is 154 Å². The van der Waals surface area contributed by atoms with Crippen molar-refractivity contribution in [2.45, 2.75) is 62.3 Å². The highest BCUT2D eigenvalue weighted by Gasteiger charge is 2.35. The number of carbonyl (C=O) groups excluding carboxylic acids is 3. The normalized spacial score (nSPS) is 17.3. The van der Waals surface area contributed by atoms with Crippen LogP contribution in [0.2, 0.25) is 0 Å². The van der Waals surface area contributed by atoms with Crippen LogP contribution < -0.4 is 34.1 Å². The molecule has 1 N–H and O–H groups in total. The molecular weight excluding hydrogens is 1050 g/mol. The zero-order chi connectivity index (χ0) is 55.1. The molecule has 0 aliphatic carbocycles. The van der Waals surface area contributed by atoms with Gasteiger partial charge in [-0.3, -0.25) is 19.6 Å². The molecule has 412 valence electrons. The molecule has 0 bridgehead atoms. The van der Waals surface area contributed by atoms with Gasteiger partial charge in [-0.1, -0.05) is 24.3 Å². The Kier molecular flexibility index (Phi) is 14.8. The van der Waals surface area contributed by atoms with Crippen molar-refractivity contribution >= 4 is 49.1 Å². The van der Waals surface area contributed by atoms with Crippen LogP contribution in [0, 0.1) is 0 Å². The summed E-state index contributed by atoms with van der Waals surface area (Å²) in [5, 5.41) is 3.33. The van der Waals surface area contributed by atoms with Crippen LogP contribution in [0.15, 0.2) is 119 Å². The zero-order valence-corrected chi connectivity index (χ0v) is 45.7. The number of fused-ring (bicyclic) bond motifs is 4. The van der Waals surface area contributed by atoms with Gasteiger partial charge in [0.15, 0.2) is 23.0 Å². The van der Waals surface area contributed by atoms with Gasteiger partial charge in [-0.25, -0.2) is 21.6 Å². The van der Waals surface area contributed by atoms with Crippen LogP contribution in [0.25, 0.3) is 0 Å². The Bertz CT molecular complexity index is 3580. The Labute approximate surface area is 458 Å². The summed E-state index contributed by atoms with van der Waals surface area (Å²) in [7, 11) is -7.58. The summed E-state index contributed by atoms with van der Waals surface area (Å²) in [5.74, 6) is 1.48. The molecule has 1 amide bonds. The van der Waals surface area contributed by atoms with E-state index in [0.29, 0.717) is 92.4 Å². The maximum absolute atomic E-state index is 13.5. The van der Waals surface area contributed by atoms with Crippen molar-refractivity contribution < 1.29 is 54.9 Å². The molecule has 6 aliphatic heterocycles. The number of carbonyl (C=O) groups is 3. The van der Waals surface area contributed by atoms with Gasteiger partial charge in [0, 0.05) is 126 Å². The third kappa shape index (κ3) is 11.5. The molecule has 0 saturated carbocycles. The molecule has 4 aromatic carbocycles. The molecule has 8 heterocycles. The van der Waals surface area contributed by atoms with E-state index in [0.717, 1.165) is 59.8 Å². The van der Waals surface area contributed by atoms with Gasteiger partial charge >= 0.3 is 6.09 Å². The van der Waals surface area contributed by atoms with E-state index in [9.17, 15) is 31.2 Å². The number of piperazine rings is 2. The molecule has 2 saturated heterocycles. The Morgan fingerprint density at radius 2 is 0.949 bits per heavy atom. The molecule has 0 unspecified atom stereocenters. The Balaban J connectivity index is 0.000000170. The van der Waals surface area contributed by atoms with E-state index in [1.54, 1.807) is 53.7 Å². The minimum absolute atomic E-state index is 0.123. The second-order valence-electron chi connectivity index (χ2n) is 20.8. The second kappa shape index (κ2) is 21.9. The van der Waals surface area contributed by atoms with E-state index in [1.165, 1.54) is 32.9 Å². The van der Waals surface area contributed by atoms with Gasteiger partial charge < -0.3 is 43.7 Å². The number of ketones is 2. The number of pyridine rings is 2. The molecule has 2 aromatic heterocycles. The number of nitrogens with one attached hydrogen (secondary N) is 1. The van der Waals surface area contributed by atoms with Crippen molar-refractivity contribution in [1.82, 2.24) is 28.8 Å². The van der Waals surface area contributed by atoms with E-state index in [4.69, 9.17) is 23.7 Å². The minimum atomic E-state index is -3.81. The maximum atomic E-state index is 13.5. The lowest BCUT2D eigenvalue weighted by Gasteiger charge is -2.36. The number of benzene rings is 4. The van der Waals surface area contributed by atoms with Gasteiger partial charge in [0.25, 0.3) is 0 Å². The van der Waals surface area contributed by atoms with Crippen LogP contribution >= 0.6 is 0 Å². The average molecular weight is 1110 g/mol. The van der Waals surface area contributed by atoms with Gasteiger partial charge in [0.1, 0.15) is 43.4 Å². The first-order valence-corrected chi connectivity index (χ1v) is 29.1. The molecule has 20 nitrogen and oxygen atoms in total. The average Bonchev–Trinajstić information content (AvgIpc) is 4.21. The highest BCUT2D eigenvalue weighted by atomic mass is 32.2. The largest absolute Gasteiger partial charge is 0.486 e. The maximum Gasteiger partial charge on any atom is 0.410 e. The fraction of sp³-hybridized carbons (Fsp3) is 0.351. The lowest BCUT2D eigenvalue weighted by molar-refractivity contribution is 0.0240. The first kappa shape index (κ1) is 53.4. The summed E-state index contributed by atoms with van der Waals surface area (Å²) in [6, 6.07) is 27.6. The molecule has 79 heavy (non-hydrogen) atoms. The number of ether oxygens (including phenoxy) is 5. The number of anilines is 2. The number of rotatable bonds is 10. The van der Waals surface area contributed by atoms with Gasteiger partial charge in [-0.15, -0.1) is 0 Å². The highest BCUT2D eigenvalue weighted by Crippen LogP contribution is 2.38. The van der Waals surface area contributed by atoms with Gasteiger partial charge in [-0.2, -0.15) is 8.61 Å². The second-order valence-corrected chi connectivity index (χ2v) is 24.7. The first-order chi connectivity index (χ1) is 38.0. The van der Waals surface area contributed by atoms with Crippen LogP contribution in [-0.2, 0) is 51.0 Å². The molecule has 0 atom stereocenters. The van der Waals surface area contributed by atoms with Crippen molar-refractivity contribution in [2.24, 2.45) is 0 Å². The predicted molar refractivity (Wildman–Crippen MR) is 291 cm³/mol. The van der Waals surface area contributed by atoms with Crippen LogP contribution in [0.4, 0.5) is 16.2 Å². The molecule has 12 rings (SSSR count). The zero-order valence-electron chi connectivity index (χ0n) is 44.1. The van der Waals surface area contributed by atoms with E-state index in [2.05, 4.69) is 25.1 Å². The third-order valence-corrected chi connectivity index (χ3v) is 17.9. The summed E-state index contributed by atoms with van der Waals surface area (Å²) < 4.78 is 84.0. The number of sulfonamides is 2. The Morgan fingerprint density at radius 3 is 1.41 bits per heavy atom. The van der Waals surface area contributed by atoms with Crippen molar-refractivity contribution in [3.8, 4) is 23.0 Å². The SMILES string of the molecule is CC(C)(C)OC(=O)N1CCN(c2cccc(C(=O)c3cc4c(cn3)CN(S(=O)(=O)c3ccc5c(c3)OCCO5)C4)c2)CC1.O=C(c1cccc(N2CCNCC2)c1)c1cc2c(cn1)CN(S(=O)(=O)c1ccc3c(c1)OCCO3)C2. The number of aromatic nitrogens is 2. The van der Waals surface area contributed by atoms with Crippen LogP contribution in [-0.4, -0.2) is 142 Å². The molecule has 22 heteroatoms. The van der Waals surface area contributed by atoms with Gasteiger partial charge in [0.05, 0.1) is 9.79 Å². The number of amides is 1. The fourth-order valence-electron chi connectivity index (χ4n) is 10.1. The summed E-state index contributed by atoms with van der Waals surface area (Å²) in [4.78, 5) is 54.3. The van der Waals surface area contributed by atoms with Crippen molar-refractivity contribution in [2.75, 3.05) is 88.6 Å². The lowest BCUT2D eigenvalue weighted by Crippen LogP contribution is -2.50. The van der Waals surface area contributed by atoms with Gasteiger partial charge in [0.2, 0.25) is 31.6 Å². The fourth-order valence-corrected chi connectivity index (χ4v) is 13.0. The van der Waals surface area contributed by atoms with Gasteiger partial charge in [-0.05, 0) is 104 Å². The Morgan fingerprint density at radius 1 is 0.519 bits per heavy atom. The molecule has 6 aliphatic rings. The predicted octanol–water partition coefficient (Wildman–Crippen LogP) is 6.04. The van der Waals surface area contributed by atoms with E-state index in [-0.39, 0.29) is 59.3 Å². The highest BCUT2D eigenvalue weighted by molar-refractivity contribution is 7.89. The first-order valence-electron chi connectivity index (χ1n) is 26.2. The van der Waals surface area contributed by atoms with Crippen LogP contribution in [0.5, 0.6) is 23.0 Å². The summed E-state index contributed by atoms with van der Waals surface area (Å²) >= 11 is 0. The standard InChI is InChI=1S/C31H34N4O7S.C26H26N4O5S/c1-31(2,3)42-30(37)34-11-9-33(10-12-34)24-6-4-5-21(15-24)29(36)26-16-22-19-35(20-23(22)18-32-26)43(38,39)25-7-8-27-28(17-25)41-14-13-40-27;31-26(18-2-1-3-21(12-18)29-8-6-27-7-9-29)23-13-19-16-30(17-20(19)15-28-23)36(32,33)22-4-5-24-25(14-22)35-11-10-34-24/h4-8,15-18H,9-14,19-20H2,1-3H3;1-5,12-15,27H,6-11,16-17H2. The molecular formula is C57H60N8O12S2. The topological polar surface area (TPSA) is 220 Å². The minimum Gasteiger partial charge on any atom is -0.486 e. The van der Waals surface area contributed by atoms with Crippen molar-refractivity contribution in [3.63, 3.8) is 0 Å². The summed E-state index contributed by atoms with van der Waals surface area (Å²) in [6.45, 7) is 13.7. The van der Waals surface area contributed by atoms with E-state index < -0.39 is 25.6 Å². The smallest absolute Gasteiger partial charge is 0.410 e. The molecule has 0 spiro atoms. The quantitative estimate of drug-likeness (QED) is 0.155. The lowest BCUT2D eigenvalue weighted by atomic mass is 10.0. The molecule has 0 radical (unpaired) electrons. The molecule has 6 aromatic rings. The van der Waals surface area contributed by atoms with Crippen LogP contribution in [0.3, 0.4) is 0 Å². The summed E-state index contributed by atoms with van der Waals surface area (Å²) in [5.41, 5.74) is 6.05. The number of nitrogens with zero attached hydrogens (tertiary/aromatic N) is 7. The van der Waals surface area contributed by atoms with E-state index >= 15 is 0 Å². The Hall–Kier alpha value is -7.63.